The molecule has 150 valence electrons. The van der Waals surface area contributed by atoms with E-state index in [9.17, 15) is 14.0 Å². The van der Waals surface area contributed by atoms with Crippen molar-refractivity contribution in [3.05, 3.63) is 69.5 Å². The van der Waals surface area contributed by atoms with Gasteiger partial charge in [0.2, 0.25) is 0 Å². The lowest BCUT2D eigenvalue weighted by atomic mass is 9.85. The molecule has 1 saturated carbocycles. The molecule has 5 heteroatoms. The van der Waals surface area contributed by atoms with Gasteiger partial charge in [0.25, 0.3) is 0 Å². The zero-order valence-electron chi connectivity index (χ0n) is 16.4. The van der Waals surface area contributed by atoms with Crippen molar-refractivity contribution in [2.24, 2.45) is 5.92 Å². The summed E-state index contributed by atoms with van der Waals surface area (Å²) in [7, 11) is 0. The molecule has 0 aromatic heterocycles. The number of halogens is 2. The van der Waals surface area contributed by atoms with E-state index >= 15 is 0 Å². The monoisotopic (exact) mass is 412 g/mol. The topological polar surface area (TPSA) is 43.4 Å². The fraction of sp³-hybridized carbons (Fsp3) is 0.333. The third-order valence-corrected chi connectivity index (χ3v) is 6.03. The number of hydrogen-bond donors (Lipinski definition) is 0. The Hall–Kier alpha value is -2.30. The number of benzene rings is 2. The van der Waals surface area contributed by atoms with Crippen molar-refractivity contribution in [3.63, 3.8) is 0 Å². The van der Waals surface area contributed by atoms with Crippen LogP contribution in [0.5, 0.6) is 0 Å². The molecule has 3 nitrogen and oxygen atoms in total. The first kappa shape index (κ1) is 20.0. The van der Waals surface area contributed by atoms with Crippen LogP contribution < -0.4 is 0 Å². The first-order chi connectivity index (χ1) is 13.8. The zero-order chi connectivity index (χ0) is 20.7. The molecule has 1 heterocycles. The SMILES string of the molecule is Cc1cc(-c2ccc(Cl)cc2F)cc(C)c1C1C(=O)C/C(=C\C2CCOC2)C1=O. The van der Waals surface area contributed by atoms with Gasteiger partial charge in [-0.1, -0.05) is 29.8 Å². The molecule has 0 spiro atoms. The van der Waals surface area contributed by atoms with Gasteiger partial charge in [-0.05, 0) is 60.7 Å². The smallest absolute Gasteiger partial charge is 0.173 e. The van der Waals surface area contributed by atoms with Crippen LogP contribution in [0.3, 0.4) is 0 Å². The summed E-state index contributed by atoms with van der Waals surface area (Å²) in [6, 6.07) is 8.24. The lowest BCUT2D eigenvalue weighted by molar-refractivity contribution is -0.123. The minimum Gasteiger partial charge on any atom is -0.381 e. The van der Waals surface area contributed by atoms with E-state index in [2.05, 4.69) is 0 Å². The Morgan fingerprint density at radius 1 is 1.14 bits per heavy atom. The van der Waals surface area contributed by atoms with E-state index in [0.29, 0.717) is 34.9 Å². The molecule has 1 aliphatic carbocycles. The highest BCUT2D eigenvalue weighted by Gasteiger charge is 2.40. The summed E-state index contributed by atoms with van der Waals surface area (Å²) in [5, 5.41) is 0.338. The molecule has 0 radical (unpaired) electrons. The Kier molecular flexibility index (Phi) is 5.41. The van der Waals surface area contributed by atoms with E-state index in [1.54, 1.807) is 12.1 Å². The maximum absolute atomic E-state index is 14.4. The van der Waals surface area contributed by atoms with E-state index < -0.39 is 11.7 Å². The number of rotatable bonds is 3. The standard InChI is InChI=1S/C24H22ClFO3/c1-13-7-16(19-4-3-18(25)11-20(19)26)8-14(2)22(13)23-21(27)10-17(24(23)28)9-15-5-6-29-12-15/h3-4,7-9,11,15,23H,5-6,10,12H2,1-2H3/b17-9+. The van der Waals surface area contributed by atoms with Gasteiger partial charge in [-0.15, -0.1) is 0 Å². The van der Waals surface area contributed by atoms with Crippen LogP contribution in [0.1, 0.15) is 35.4 Å². The van der Waals surface area contributed by atoms with E-state index in [4.69, 9.17) is 16.3 Å². The normalized spacial score (nSPS) is 23.4. The van der Waals surface area contributed by atoms with E-state index in [0.717, 1.165) is 23.1 Å². The van der Waals surface area contributed by atoms with E-state index in [-0.39, 0.29) is 23.9 Å². The molecule has 2 atom stereocenters. The first-order valence-electron chi connectivity index (χ1n) is 9.77. The minimum absolute atomic E-state index is 0.0724. The third-order valence-electron chi connectivity index (χ3n) is 5.79. The summed E-state index contributed by atoms with van der Waals surface area (Å²) >= 11 is 5.86. The summed E-state index contributed by atoms with van der Waals surface area (Å²) in [6.07, 6.45) is 2.98. The Balaban J connectivity index is 1.70. The predicted molar refractivity (Wildman–Crippen MR) is 111 cm³/mol. The molecule has 0 amide bonds. The quantitative estimate of drug-likeness (QED) is 0.504. The summed E-state index contributed by atoms with van der Waals surface area (Å²) in [6.45, 7) is 5.04. The molecule has 2 aromatic carbocycles. The van der Waals surface area contributed by atoms with Gasteiger partial charge in [-0.3, -0.25) is 9.59 Å². The van der Waals surface area contributed by atoms with E-state index in [1.807, 2.05) is 32.1 Å². The Morgan fingerprint density at radius 2 is 1.86 bits per heavy atom. The molecule has 2 fully saturated rings. The number of carbonyl (C=O) groups is 2. The van der Waals surface area contributed by atoms with Crippen molar-refractivity contribution >= 4 is 23.2 Å². The van der Waals surface area contributed by atoms with Gasteiger partial charge in [-0.25, -0.2) is 4.39 Å². The van der Waals surface area contributed by atoms with Crippen LogP contribution in [0.2, 0.25) is 5.02 Å². The summed E-state index contributed by atoms with van der Waals surface area (Å²) in [4.78, 5) is 25.8. The molecule has 2 aromatic rings. The molecule has 0 bridgehead atoms. The van der Waals surface area contributed by atoms with Gasteiger partial charge in [-0.2, -0.15) is 0 Å². The summed E-state index contributed by atoms with van der Waals surface area (Å²) in [5.74, 6) is -1.15. The highest BCUT2D eigenvalue weighted by atomic mass is 35.5. The number of ketones is 2. The minimum atomic E-state index is -0.771. The average Bonchev–Trinajstić information content (AvgIpc) is 3.25. The number of Topliss-reactive ketones (excluding diaryl/α,β-unsaturated/α-hetero) is 2. The lowest BCUT2D eigenvalue weighted by Crippen LogP contribution is -2.15. The van der Waals surface area contributed by atoms with Gasteiger partial charge in [0.1, 0.15) is 11.7 Å². The van der Waals surface area contributed by atoms with Gasteiger partial charge in [0.05, 0.1) is 6.61 Å². The number of ether oxygens (including phenoxy) is 1. The summed E-state index contributed by atoms with van der Waals surface area (Å²) < 4.78 is 19.7. The average molecular weight is 413 g/mol. The summed E-state index contributed by atoms with van der Waals surface area (Å²) in [5.41, 5.74) is 4.11. The van der Waals surface area contributed by atoms with Crippen molar-refractivity contribution in [2.75, 3.05) is 13.2 Å². The van der Waals surface area contributed by atoms with Crippen LogP contribution in [0.25, 0.3) is 11.1 Å². The van der Waals surface area contributed by atoms with Gasteiger partial charge < -0.3 is 4.74 Å². The van der Waals surface area contributed by atoms with Gasteiger partial charge in [0.15, 0.2) is 11.6 Å². The lowest BCUT2D eigenvalue weighted by Gasteiger charge is -2.17. The Labute approximate surface area is 174 Å². The molecule has 29 heavy (non-hydrogen) atoms. The van der Waals surface area contributed by atoms with Crippen molar-refractivity contribution in [2.45, 2.75) is 32.6 Å². The second kappa shape index (κ2) is 7.85. The van der Waals surface area contributed by atoms with Crippen LogP contribution in [0, 0.1) is 25.6 Å². The molecular weight excluding hydrogens is 391 g/mol. The number of hydrogen-bond acceptors (Lipinski definition) is 3. The number of aryl methyl sites for hydroxylation is 2. The van der Waals surface area contributed by atoms with Crippen LogP contribution in [-0.4, -0.2) is 24.8 Å². The van der Waals surface area contributed by atoms with Crippen LogP contribution in [-0.2, 0) is 14.3 Å². The Bertz CT molecular complexity index is 1010. The maximum atomic E-state index is 14.4. The van der Waals surface area contributed by atoms with Crippen LogP contribution >= 0.6 is 11.6 Å². The highest BCUT2D eigenvalue weighted by Crippen LogP contribution is 2.38. The van der Waals surface area contributed by atoms with Gasteiger partial charge in [0, 0.05) is 35.1 Å². The molecule has 0 N–H and O–H groups in total. The Morgan fingerprint density at radius 3 is 2.48 bits per heavy atom. The fourth-order valence-corrected chi connectivity index (χ4v) is 4.58. The highest BCUT2D eigenvalue weighted by molar-refractivity contribution is 6.30. The van der Waals surface area contributed by atoms with Crippen molar-refractivity contribution < 1.29 is 18.7 Å². The molecule has 1 saturated heterocycles. The van der Waals surface area contributed by atoms with Crippen molar-refractivity contribution in [1.29, 1.82) is 0 Å². The second-order valence-electron chi connectivity index (χ2n) is 7.90. The van der Waals surface area contributed by atoms with Crippen LogP contribution in [0.15, 0.2) is 42.0 Å². The molecule has 1 aliphatic heterocycles. The third kappa shape index (κ3) is 3.79. The predicted octanol–water partition coefficient (Wildman–Crippen LogP) is 5.35. The first-order valence-corrected chi connectivity index (χ1v) is 10.1. The van der Waals surface area contributed by atoms with Crippen LogP contribution in [0.4, 0.5) is 4.39 Å². The van der Waals surface area contributed by atoms with Crippen molar-refractivity contribution in [3.8, 4) is 11.1 Å². The van der Waals surface area contributed by atoms with Crippen molar-refractivity contribution in [1.82, 2.24) is 0 Å². The molecule has 2 unspecified atom stereocenters. The van der Waals surface area contributed by atoms with E-state index in [1.165, 1.54) is 6.07 Å². The fourth-order valence-electron chi connectivity index (χ4n) is 4.42. The number of carbonyl (C=O) groups excluding carboxylic acids is 2. The molecular formula is C24H22ClFO3. The molecule has 4 rings (SSSR count). The second-order valence-corrected chi connectivity index (χ2v) is 8.34. The maximum Gasteiger partial charge on any atom is 0.173 e. The zero-order valence-corrected chi connectivity index (χ0v) is 17.2. The number of allylic oxidation sites excluding steroid dienone is 1. The van der Waals surface area contributed by atoms with Gasteiger partial charge >= 0.3 is 0 Å². The molecule has 2 aliphatic rings. The largest absolute Gasteiger partial charge is 0.381 e.